The van der Waals surface area contributed by atoms with Crippen molar-refractivity contribution in [3.8, 4) is 5.75 Å². The van der Waals surface area contributed by atoms with Crippen LogP contribution in [-0.2, 0) is 28.9 Å². The predicted octanol–water partition coefficient (Wildman–Crippen LogP) is 3.56. The highest BCUT2D eigenvalue weighted by atomic mass is 16.5. The van der Waals surface area contributed by atoms with Crippen molar-refractivity contribution in [2.45, 2.75) is 57.4 Å². The predicted molar refractivity (Wildman–Crippen MR) is 130 cm³/mol. The van der Waals surface area contributed by atoms with E-state index in [0.717, 1.165) is 36.9 Å². The number of benzene rings is 1. The van der Waals surface area contributed by atoms with Crippen LogP contribution in [0, 0.1) is 5.92 Å². The number of carbonyl (C=O) groups excluding carboxylic acids is 1. The van der Waals surface area contributed by atoms with Crippen LogP contribution in [0.3, 0.4) is 0 Å². The Morgan fingerprint density at radius 3 is 2.56 bits per heavy atom. The number of rotatable bonds is 9. The Bertz CT molecular complexity index is 984. The zero-order valence-corrected chi connectivity index (χ0v) is 20.0. The number of methoxy groups -OCH3 is 1. The molecule has 7 nitrogen and oxygen atoms in total. The maximum absolute atomic E-state index is 12.7. The number of aryl methyl sites for hydroxylation is 3. The second kappa shape index (κ2) is 11.5. The van der Waals surface area contributed by atoms with E-state index in [-0.39, 0.29) is 11.8 Å². The fourth-order valence-corrected chi connectivity index (χ4v) is 5.11. The molecule has 1 aliphatic carbocycles. The summed E-state index contributed by atoms with van der Waals surface area (Å²) in [7, 11) is 1.59. The zero-order valence-electron chi connectivity index (χ0n) is 20.0. The molecule has 1 aromatic heterocycles. The average molecular weight is 466 g/mol. The Balaban J connectivity index is 1.21. The third-order valence-corrected chi connectivity index (χ3v) is 7.08. The van der Waals surface area contributed by atoms with Crippen LogP contribution >= 0.6 is 0 Å². The molecular weight excluding hydrogens is 430 g/mol. The number of nitrogens with one attached hydrogen (secondary N) is 1. The number of piperidine rings is 1. The molecule has 0 bridgehead atoms. The zero-order chi connectivity index (χ0) is 23.9. The molecule has 0 saturated carbocycles. The highest BCUT2D eigenvalue weighted by Crippen LogP contribution is 2.28. The first-order chi connectivity index (χ1) is 16.5. The summed E-state index contributed by atoms with van der Waals surface area (Å²) in [6.07, 6.45) is 7.78. The van der Waals surface area contributed by atoms with Crippen LogP contribution in [-0.4, -0.2) is 53.6 Å². The Kier molecular flexibility index (Phi) is 8.16. The van der Waals surface area contributed by atoms with E-state index in [9.17, 15) is 14.7 Å². The number of aromatic nitrogens is 1. The number of carbonyl (C=O) groups is 2. The normalized spacial score (nSPS) is 17.6. The minimum Gasteiger partial charge on any atom is -0.497 e. The first kappa shape index (κ1) is 24.2. The Morgan fingerprint density at radius 1 is 1.12 bits per heavy atom. The van der Waals surface area contributed by atoms with Gasteiger partial charge in [0.2, 0.25) is 5.91 Å². The van der Waals surface area contributed by atoms with E-state index >= 15 is 0 Å². The topological polar surface area (TPSA) is 91.8 Å². The lowest BCUT2D eigenvalue weighted by Crippen LogP contribution is -2.44. The van der Waals surface area contributed by atoms with Crippen LogP contribution in [0.25, 0.3) is 0 Å². The summed E-state index contributed by atoms with van der Waals surface area (Å²) in [6, 6.07) is 10.8. The van der Waals surface area contributed by atoms with Crippen molar-refractivity contribution in [1.82, 2.24) is 15.2 Å². The quantitative estimate of drug-likeness (QED) is 0.551. The van der Waals surface area contributed by atoms with Gasteiger partial charge >= 0.3 is 5.97 Å². The second-order valence-electron chi connectivity index (χ2n) is 9.33. The molecular formula is C27H35N3O4. The molecule has 4 rings (SSSR count). The minimum atomic E-state index is -0.871. The third kappa shape index (κ3) is 5.95. The van der Waals surface area contributed by atoms with E-state index < -0.39 is 12.0 Å². The fourth-order valence-electron chi connectivity index (χ4n) is 5.11. The van der Waals surface area contributed by atoms with E-state index in [1.54, 1.807) is 31.4 Å². The number of hydrogen-bond acceptors (Lipinski definition) is 5. The fraction of sp³-hybridized carbons (Fsp3) is 0.519. The molecule has 2 N–H and O–H groups in total. The van der Waals surface area contributed by atoms with Gasteiger partial charge in [-0.05, 0) is 80.7 Å². The standard InChI is InChI=1S/C27H35N3O4/c1-34-23-12-9-20(10-13-23)25(27(32)33)30-17-14-21(15-18-30)26(31)28-16-4-6-22-11-8-19-5-2-3-7-24(19)29-22/h8-13,21,25H,2-7,14-18H2,1H3,(H,28,31)(H,32,33). The SMILES string of the molecule is COc1ccc(C(C(=O)O)N2CCC(C(=O)NCCCc3ccc4c(n3)CCCC4)CC2)cc1. The van der Waals surface area contributed by atoms with E-state index in [4.69, 9.17) is 9.72 Å². The Morgan fingerprint density at radius 2 is 1.85 bits per heavy atom. The number of likely N-dealkylation sites (tertiary alicyclic amines) is 1. The van der Waals surface area contributed by atoms with Crippen LogP contribution in [0.2, 0.25) is 0 Å². The molecule has 2 heterocycles. The minimum absolute atomic E-state index is 0.0663. The number of hydrogen-bond donors (Lipinski definition) is 2. The van der Waals surface area contributed by atoms with Crippen molar-refractivity contribution in [1.29, 1.82) is 0 Å². The molecule has 1 aromatic carbocycles. The molecule has 2 aliphatic rings. The summed E-state index contributed by atoms with van der Waals surface area (Å²) in [5.41, 5.74) is 4.49. The summed E-state index contributed by atoms with van der Waals surface area (Å²) >= 11 is 0. The third-order valence-electron chi connectivity index (χ3n) is 7.08. The maximum atomic E-state index is 12.7. The average Bonchev–Trinajstić information content (AvgIpc) is 2.87. The van der Waals surface area contributed by atoms with E-state index in [0.29, 0.717) is 38.2 Å². The largest absolute Gasteiger partial charge is 0.497 e. The molecule has 1 amide bonds. The van der Waals surface area contributed by atoms with Gasteiger partial charge in [-0.25, -0.2) is 0 Å². The summed E-state index contributed by atoms with van der Waals surface area (Å²) in [5, 5.41) is 12.9. The lowest BCUT2D eigenvalue weighted by molar-refractivity contribution is -0.144. The number of aliphatic carboxylic acids is 1. The molecule has 1 aliphatic heterocycles. The number of fused-ring (bicyclic) bond motifs is 1. The van der Waals surface area contributed by atoms with Gasteiger partial charge in [0.05, 0.1) is 7.11 Å². The van der Waals surface area contributed by atoms with Gasteiger partial charge in [-0.15, -0.1) is 0 Å². The van der Waals surface area contributed by atoms with Crippen molar-refractivity contribution in [3.05, 3.63) is 58.9 Å². The molecule has 1 unspecified atom stereocenters. The molecule has 0 radical (unpaired) electrons. The molecule has 7 heteroatoms. The Hall–Kier alpha value is -2.93. The number of pyridine rings is 1. The van der Waals surface area contributed by atoms with Crippen LogP contribution in [0.1, 0.15) is 60.7 Å². The van der Waals surface area contributed by atoms with Gasteiger partial charge in [-0.1, -0.05) is 18.2 Å². The molecule has 182 valence electrons. The first-order valence-corrected chi connectivity index (χ1v) is 12.4. The van der Waals surface area contributed by atoms with Crippen LogP contribution in [0.4, 0.5) is 0 Å². The highest BCUT2D eigenvalue weighted by molar-refractivity contribution is 5.79. The smallest absolute Gasteiger partial charge is 0.325 e. The second-order valence-corrected chi connectivity index (χ2v) is 9.33. The van der Waals surface area contributed by atoms with Crippen molar-refractivity contribution >= 4 is 11.9 Å². The molecule has 34 heavy (non-hydrogen) atoms. The molecule has 1 saturated heterocycles. The summed E-state index contributed by atoms with van der Waals surface area (Å²) in [5.74, 6) is -0.160. The van der Waals surface area contributed by atoms with E-state index in [1.165, 1.54) is 24.1 Å². The van der Waals surface area contributed by atoms with Gasteiger partial charge in [-0.3, -0.25) is 19.5 Å². The van der Waals surface area contributed by atoms with Gasteiger partial charge < -0.3 is 15.2 Å². The molecule has 1 fully saturated rings. The molecule has 1 atom stereocenters. The van der Waals surface area contributed by atoms with E-state index in [1.807, 2.05) is 4.90 Å². The van der Waals surface area contributed by atoms with Crippen LogP contribution in [0.5, 0.6) is 5.75 Å². The van der Waals surface area contributed by atoms with Crippen LogP contribution < -0.4 is 10.1 Å². The van der Waals surface area contributed by atoms with Crippen molar-refractivity contribution in [2.24, 2.45) is 5.92 Å². The lowest BCUT2D eigenvalue weighted by atomic mass is 9.93. The summed E-state index contributed by atoms with van der Waals surface area (Å²) < 4.78 is 5.17. The van der Waals surface area contributed by atoms with Crippen molar-refractivity contribution in [3.63, 3.8) is 0 Å². The molecule has 0 spiro atoms. The monoisotopic (exact) mass is 465 g/mol. The van der Waals surface area contributed by atoms with Gasteiger partial charge in [0.25, 0.3) is 0 Å². The van der Waals surface area contributed by atoms with Crippen molar-refractivity contribution < 1.29 is 19.4 Å². The number of ether oxygens (including phenoxy) is 1. The first-order valence-electron chi connectivity index (χ1n) is 12.4. The molecule has 2 aromatic rings. The summed E-state index contributed by atoms with van der Waals surface area (Å²) in [4.78, 5) is 31.4. The van der Waals surface area contributed by atoms with Gasteiger partial charge in [0, 0.05) is 36.9 Å². The van der Waals surface area contributed by atoms with Gasteiger partial charge in [0.15, 0.2) is 0 Å². The van der Waals surface area contributed by atoms with Crippen LogP contribution in [0.15, 0.2) is 36.4 Å². The Labute approximate surface area is 201 Å². The lowest BCUT2D eigenvalue weighted by Gasteiger charge is -2.35. The van der Waals surface area contributed by atoms with Gasteiger partial charge in [0.1, 0.15) is 11.8 Å². The number of carboxylic acids is 1. The maximum Gasteiger partial charge on any atom is 0.325 e. The number of nitrogens with zero attached hydrogens (tertiary/aromatic N) is 2. The number of amides is 1. The van der Waals surface area contributed by atoms with Crippen molar-refractivity contribution in [2.75, 3.05) is 26.7 Å². The van der Waals surface area contributed by atoms with E-state index in [2.05, 4.69) is 17.4 Å². The highest BCUT2D eigenvalue weighted by Gasteiger charge is 2.33. The summed E-state index contributed by atoms with van der Waals surface area (Å²) in [6.45, 7) is 1.81. The number of carboxylic acid groups (broad SMARTS) is 1. The van der Waals surface area contributed by atoms with Gasteiger partial charge in [-0.2, -0.15) is 0 Å².